The fourth-order valence-corrected chi connectivity index (χ4v) is 6.39. The van der Waals surface area contributed by atoms with Crippen LogP contribution in [0.5, 0.6) is 0 Å². The first-order valence-electron chi connectivity index (χ1n) is 15.4. The van der Waals surface area contributed by atoms with E-state index in [1.54, 1.807) is 4.90 Å². The van der Waals surface area contributed by atoms with Crippen molar-refractivity contribution in [2.45, 2.75) is 50.9 Å². The van der Waals surface area contributed by atoms with Crippen molar-refractivity contribution in [1.29, 1.82) is 0 Å². The van der Waals surface area contributed by atoms with Gasteiger partial charge in [0, 0.05) is 69.0 Å². The molecule has 2 amide bonds. The van der Waals surface area contributed by atoms with E-state index in [-0.39, 0.29) is 51.8 Å². The topological polar surface area (TPSA) is 127 Å². The lowest BCUT2D eigenvalue weighted by molar-refractivity contribution is -0.141. The highest BCUT2D eigenvalue weighted by Crippen LogP contribution is 2.38. The maximum absolute atomic E-state index is 15.3. The molecular formula is C31H33F4N9O2. The van der Waals surface area contributed by atoms with Gasteiger partial charge in [0.2, 0.25) is 5.91 Å². The molecule has 0 bridgehead atoms. The lowest BCUT2D eigenvalue weighted by Crippen LogP contribution is -2.52. The van der Waals surface area contributed by atoms with E-state index >= 15 is 4.39 Å². The number of halogens is 4. The number of nitrogens with zero attached hydrogens (tertiary/aromatic N) is 7. The van der Waals surface area contributed by atoms with E-state index in [1.165, 1.54) is 50.9 Å². The Morgan fingerprint density at radius 1 is 1.02 bits per heavy atom. The van der Waals surface area contributed by atoms with Crippen molar-refractivity contribution in [2.24, 2.45) is 17.6 Å². The summed E-state index contributed by atoms with van der Waals surface area (Å²) in [5.74, 6) is -0.700. The van der Waals surface area contributed by atoms with E-state index in [0.717, 1.165) is 31.7 Å². The standard InChI is InChI=1S/C31H33F4N9O2/c32-24-14-21(5-6-22(24)30(46)42-11-9-41(10-12-42)29(45)19-3-4-20(36)13-19)39-27-28-38-15-25(44(28)8-7-37-27)23-17-43(16-18-1-2-18)40-26(23)31(33,34)35/h5-8,14-15,17-20H,1-4,9-13,16,36H2,(H,37,39)/t19?,20-/m1/s1. The molecule has 0 radical (unpaired) electrons. The summed E-state index contributed by atoms with van der Waals surface area (Å²) >= 11 is 0. The van der Waals surface area contributed by atoms with Gasteiger partial charge in [-0.15, -0.1) is 0 Å². The van der Waals surface area contributed by atoms with Crippen LogP contribution in [0.25, 0.3) is 16.9 Å². The Labute approximate surface area is 261 Å². The number of nitrogens with one attached hydrogen (secondary N) is 1. The number of fused-ring (bicyclic) bond motifs is 1. The Hall–Kier alpha value is -4.53. The third kappa shape index (κ3) is 5.90. The number of anilines is 2. The Balaban J connectivity index is 1.06. The summed E-state index contributed by atoms with van der Waals surface area (Å²) in [4.78, 5) is 37.9. The molecule has 7 rings (SSSR count). The molecule has 1 aromatic carbocycles. The summed E-state index contributed by atoms with van der Waals surface area (Å²) in [6, 6.07) is 4.11. The van der Waals surface area contributed by atoms with Crippen molar-refractivity contribution in [3.05, 3.63) is 60.1 Å². The number of amides is 2. The highest BCUT2D eigenvalue weighted by Gasteiger charge is 2.39. The molecule has 2 saturated carbocycles. The third-order valence-electron chi connectivity index (χ3n) is 9.04. The van der Waals surface area contributed by atoms with Crippen LogP contribution in [-0.2, 0) is 17.5 Å². The molecule has 3 fully saturated rings. The van der Waals surface area contributed by atoms with Crippen molar-refractivity contribution in [3.63, 3.8) is 0 Å². The molecule has 4 aromatic rings. The first-order valence-corrected chi connectivity index (χ1v) is 15.4. The largest absolute Gasteiger partial charge is 0.435 e. The van der Waals surface area contributed by atoms with E-state index in [1.807, 2.05) is 0 Å². The predicted molar refractivity (Wildman–Crippen MR) is 159 cm³/mol. The summed E-state index contributed by atoms with van der Waals surface area (Å²) < 4.78 is 59.9. The molecule has 3 aromatic heterocycles. The molecule has 1 saturated heterocycles. The number of nitrogens with two attached hydrogens (primary N) is 1. The van der Waals surface area contributed by atoms with Gasteiger partial charge in [-0.25, -0.2) is 14.4 Å². The highest BCUT2D eigenvalue weighted by molar-refractivity contribution is 5.95. The molecule has 11 nitrogen and oxygen atoms in total. The van der Waals surface area contributed by atoms with Crippen molar-refractivity contribution >= 4 is 29.0 Å². The third-order valence-corrected chi connectivity index (χ3v) is 9.04. The van der Waals surface area contributed by atoms with Crippen LogP contribution in [-0.4, -0.2) is 78.0 Å². The Morgan fingerprint density at radius 3 is 2.46 bits per heavy atom. The van der Waals surface area contributed by atoms with Crippen LogP contribution < -0.4 is 11.1 Å². The van der Waals surface area contributed by atoms with Crippen molar-refractivity contribution < 1.29 is 27.2 Å². The van der Waals surface area contributed by atoms with Gasteiger partial charge in [-0.05, 0) is 56.2 Å². The number of aromatic nitrogens is 5. The zero-order valence-corrected chi connectivity index (χ0v) is 24.9. The molecule has 2 aliphatic carbocycles. The summed E-state index contributed by atoms with van der Waals surface area (Å²) in [5, 5.41) is 6.81. The normalized spacial score (nSPS) is 20.5. The molecule has 242 valence electrons. The van der Waals surface area contributed by atoms with Crippen LogP contribution in [0.1, 0.15) is 48.2 Å². The second-order valence-electron chi connectivity index (χ2n) is 12.4. The summed E-state index contributed by atoms with van der Waals surface area (Å²) in [6.45, 7) is 1.78. The minimum absolute atomic E-state index is 0.0527. The van der Waals surface area contributed by atoms with Gasteiger partial charge in [0.1, 0.15) is 5.82 Å². The molecule has 15 heteroatoms. The molecule has 3 aliphatic rings. The minimum atomic E-state index is -4.66. The Morgan fingerprint density at radius 2 is 1.78 bits per heavy atom. The Bertz CT molecular complexity index is 1790. The second-order valence-corrected chi connectivity index (χ2v) is 12.4. The molecule has 4 heterocycles. The molecule has 1 unspecified atom stereocenters. The molecule has 3 N–H and O–H groups in total. The predicted octanol–water partition coefficient (Wildman–Crippen LogP) is 4.32. The number of piperazine rings is 1. The number of hydrogen-bond donors (Lipinski definition) is 2. The van der Waals surface area contributed by atoms with E-state index in [9.17, 15) is 22.8 Å². The number of rotatable bonds is 7. The van der Waals surface area contributed by atoms with E-state index < -0.39 is 23.6 Å². The summed E-state index contributed by atoms with van der Waals surface area (Å²) in [5.41, 5.74) is 5.46. The van der Waals surface area contributed by atoms with Crippen molar-refractivity contribution in [3.8, 4) is 11.3 Å². The Kier molecular flexibility index (Phi) is 7.65. The number of carbonyl (C=O) groups excluding carboxylic acids is 2. The van der Waals surface area contributed by atoms with Crippen LogP contribution in [0.2, 0.25) is 0 Å². The number of alkyl halides is 3. The molecule has 2 atom stereocenters. The lowest BCUT2D eigenvalue weighted by Gasteiger charge is -2.36. The smallest absolute Gasteiger partial charge is 0.339 e. The van der Waals surface area contributed by atoms with E-state index in [4.69, 9.17) is 5.73 Å². The van der Waals surface area contributed by atoms with Gasteiger partial charge in [-0.3, -0.25) is 18.7 Å². The van der Waals surface area contributed by atoms with Crippen LogP contribution >= 0.6 is 0 Å². The fraction of sp³-hybridized carbons (Fsp3) is 0.452. The van der Waals surface area contributed by atoms with E-state index in [0.29, 0.717) is 45.1 Å². The van der Waals surface area contributed by atoms with Crippen LogP contribution in [0.4, 0.5) is 29.1 Å². The number of benzene rings is 1. The molecular weight excluding hydrogens is 606 g/mol. The van der Waals surface area contributed by atoms with Crippen molar-refractivity contribution in [2.75, 3.05) is 31.5 Å². The summed E-state index contributed by atoms with van der Waals surface area (Å²) in [7, 11) is 0. The quantitative estimate of drug-likeness (QED) is 0.289. The minimum Gasteiger partial charge on any atom is -0.339 e. The second kappa shape index (κ2) is 11.7. The van der Waals surface area contributed by atoms with Gasteiger partial charge in [0.05, 0.1) is 23.0 Å². The summed E-state index contributed by atoms with van der Waals surface area (Å²) in [6.07, 6.45) is 5.21. The van der Waals surface area contributed by atoms with Crippen LogP contribution in [0.15, 0.2) is 43.0 Å². The lowest BCUT2D eigenvalue weighted by atomic mass is 10.1. The van der Waals surface area contributed by atoms with Gasteiger partial charge in [-0.2, -0.15) is 18.3 Å². The molecule has 46 heavy (non-hydrogen) atoms. The number of carbonyl (C=O) groups is 2. The first-order chi connectivity index (χ1) is 22.0. The highest BCUT2D eigenvalue weighted by atomic mass is 19.4. The van der Waals surface area contributed by atoms with E-state index in [2.05, 4.69) is 20.4 Å². The average molecular weight is 640 g/mol. The monoisotopic (exact) mass is 639 g/mol. The van der Waals surface area contributed by atoms with Crippen LogP contribution in [0.3, 0.4) is 0 Å². The zero-order chi connectivity index (χ0) is 32.2. The maximum atomic E-state index is 15.3. The molecule has 0 spiro atoms. The van der Waals surface area contributed by atoms with Crippen molar-refractivity contribution in [1.82, 2.24) is 33.9 Å². The van der Waals surface area contributed by atoms with Gasteiger partial charge in [0.25, 0.3) is 5.91 Å². The fourth-order valence-electron chi connectivity index (χ4n) is 6.39. The van der Waals surface area contributed by atoms with Gasteiger partial charge >= 0.3 is 6.18 Å². The molecule has 1 aliphatic heterocycles. The SMILES string of the molecule is N[C@@H]1CCC(C(=O)N2CCN(C(=O)c3ccc(Nc4nccn5c(-c6cn(CC7CC7)nc6C(F)(F)F)cnc45)cc3F)CC2)C1. The zero-order valence-electron chi connectivity index (χ0n) is 24.9. The number of imidazole rings is 1. The number of hydrogen-bond acceptors (Lipinski definition) is 7. The van der Waals surface area contributed by atoms with Gasteiger partial charge in [0.15, 0.2) is 17.2 Å². The van der Waals surface area contributed by atoms with Gasteiger partial charge < -0.3 is 20.9 Å². The first kappa shape index (κ1) is 30.1. The average Bonchev–Trinajstić information content (AvgIpc) is 3.36. The van der Waals surface area contributed by atoms with Crippen LogP contribution in [0, 0.1) is 17.7 Å². The van der Waals surface area contributed by atoms with Gasteiger partial charge in [-0.1, -0.05) is 0 Å². The maximum Gasteiger partial charge on any atom is 0.435 e.